The van der Waals surface area contributed by atoms with Crippen molar-refractivity contribution < 1.29 is 14.4 Å². The number of benzene rings is 1. The van der Waals surface area contributed by atoms with Crippen molar-refractivity contribution in [2.24, 2.45) is 0 Å². The fraction of sp³-hybridized carbons (Fsp3) is 0.625. The van der Waals surface area contributed by atoms with E-state index < -0.39 is 0 Å². The Bertz CT molecular complexity index is 409. The first kappa shape index (κ1) is 14.4. The summed E-state index contributed by atoms with van der Waals surface area (Å²) in [6.07, 6.45) is 0.722. The SMILES string of the molecule is Cc1ccc(OCC[NH+]2C[C@H](C)O[C@@H](C)C2)c(C)c1. The van der Waals surface area contributed by atoms with E-state index in [4.69, 9.17) is 9.47 Å². The molecule has 1 fully saturated rings. The maximum Gasteiger partial charge on any atom is 0.137 e. The van der Waals surface area contributed by atoms with Crippen molar-refractivity contribution in [2.45, 2.75) is 39.9 Å². The summed E-state index contributed by atoms with van der Waals surface area (Å²) in [7, 11) is 0. The van der Waals surface area contributed by atoms with Crippen LogP contribution < -0.4 is 9.64 Å². The van der Waals surface area contributed by atoms with Gasteiger partial charge in [0.15, 0.2) is 0 Å². The molecule has 0 unspecified atom stereocenters. The van der Waals surface area contributed by atoms with E-state index in [0.29, 0.717) is 12.2 Å². The zero-order valence-corrected chi connectivity index (χ0v) is 12.5. The number of rotatable bonds is 4. The van der Waals surface area contributed by atoms with Gasteiger partial charge in [-0.05, 0) is 39.3 Å². The first-order valence-corrected chi connectivity index (χ1v) is 7.23. The number of ether oxygens (including phenoxy) is 2. The van der Waals surface area contributed by atoms with E-state index in [0.717, 1.165) is 32.0 Å². The standard InChI is InChI=1S/C16H25NO2/c1-12-5-6-16(13(2)9-12)18-8-7-17-10-14(3)19-15(4)11-17/h5-6,9,14-15H,7-8,10-11H2,1-4H3/p+1/t14-,15-/m0/s1. The molecular weight excluding hydrogens is 238 g/mol. The van der Waals surface area contributed by atoms with Crippen molar-refractivity contribution >= 4 is 0 Å². The van der Waals surface area contributed by atoms with Gasteiger partial charge in [-0.25, -0.2) is 0 Å². The fourth-order valence-corrected chi connectivity index (χ4v) is 2.86. The molecule has 19 heavy (non-hydrogen) atoms. The smallest absolute Gasteiger partial charge is 0.137 e. The van der Waals surface area contributed by atoms with Crippen molar-refractivity contribution in [3.8, 4) is 5.75 Å². The summed E-state index contributed by atoms with van der Waals surface area (Å²) in [6, 6.07) is 6.35. The molecule has 0 spiro atoms. The monoisotopic (exact) mass is 264 g/mol. The lowest BCUT2D eigenvalue weighted by Gasteiger charge is -2.32. The summed E-state index contributed by atoms with van der Waals surface area (Å²) >= 11 is 0. The molecule has 0 aliphatic carbocycles. The fourth-order valence-electron chi connectivity index (χ4n) is 2.86. The van der Waals surface area contributed by atoms with Crippen molar-refractivity contribution in [1.29, 1.82) is 0 Å². The Morgan fingerprint density at radius 1 is 1.21 bits per heavy atom. The highest BCUT2D eigenvalue weighted by molar-refractivity contribution is 5.35. The Hall–Kier alpha value is -1.06. The van der Waals surface area contributed by atoms with Gasteiger partial charge >= 0.3 is 0 Å². The van der Waals surface area contributed by atoms with Crippen LogP contribution in [0, 0.1) is 13.8 Å². The highest BCUT2D eigenvalue weighted by Crippen LogP contribution is 2.18. The molecule has 1 N–H and O–H groups in total. The van der Waals surface area contributed by atoms with Gasteiger partial charge in [-0.3, -0.25) is 0 Å². The number of hydrogen-bond acceptors (Lipinski definition) is 2. The van der Waals surface area contributed by atoms with Gasteiger partial charge in [0.25, 0.3) is 0 Å². The van der Waals surface area contributed by atoms with Crippen molar-refractivity contribution in [2.75, 3.05) is 26.2 Å². The van der Waals surface area contributed by atoms with E-state index in [1.165, 1.54) is 11.1 Å². The van der Waals surface area contributed by atoms with E-state index >= 15 is 0 Å². The second-order valence-electron chi connectivity index (χ2n) is 5.78. The topological polar surface area (TPSA) is 22.9 Å². The lowest BCUT2D eigenvalue weighted by Crippen LogP contribution is -3.16. The van der Waals surface area contributed by atoms with Gasteiger partial charge in [0.05, 0.1) is 0 Å². The van der Waals surface area contributed by atoms with E-state index in [1.54, 1.807) is 4.90 Å². The van der Waals surface area contributed by atoms with Crippen LogP contribution in [0.25, 0.3) is 0 Å². The van der Waals surface area contributed by atoms with Gasteiger partial charge < -0.3 is 14.4 Å². The summed E-state index contributed by atoms with van der Waals surface area (Å²) in [5.41, 5.74) is 2.50. The molecule has 0 radical (unpaired) electrons. The van der Waals surface area contributed by atoms with E-state index in [1.807, 2.05) is 0 Å². The Morgan fingerprint density at radius 2 is 1.89 bits per heavy atom. The zero-order chi connectivity index (χ0) is 13.8. The lowest BCUT2D eigenvalue weighted by atomic mass is 10.1. The Balaban J connectivity index is 1.80. The quantitative estimate of drug-likeness (QED) is 0.888. The molecule has 1 aromatic carbocycles. The Kier molecular flexibility index (Phi) is 4.83. The molecule has 0 aromatic heterocycles. The van der Waals surface area contributed by atoms with Gasteiger partial charge in [0.1, 0.15) is 44.2 Å². The third-order valence-corrected chi connectivity index (χ3v) is 3.66. The molecule has 106 valence electrons. The summed E-state index contributed by atoms with van der Waals surface area (Å²) in [5, 5.41) is 0. The van der Waals surface area contributed by atoms with Crippen LogP contribution in [0.3, 0.4) is 0 Å². The average molecular weight is 264 g/mol. The minimum atomic E-state index is 0.361. The zero-order valence-electron chi connectivity index (χ0n) is 12.5. The Labute approximate surface area is 116 Å². The minimum Gasteiger partial charge on any atom is -0.487 e. The number of quaternary nitrogens is 1. The minimum absolute atomic E-state index is 0.361. The van der Waals surface area contributed by atoms with Crippen LogP contribution in [0.15, 0.2) is 18.2 Å². The van der Waals surface area contributed by atoms with Gasteiger partial charge in [0, 0.05) is 0 Å². The summed E-state index contributed by atoms with van der Waals surface area (Å²) in [5.74, 6) is 1.01. The van der Waals surface area contributed by atoms with Crippen LogP contribution in [-0.4, -0.2) is 38.4 Å². The van der Waals surface area contributed by atoms with Crippen LogP contribution in [0.2, 0.25) is 0 Å². The predicted molar refractivity (Wildman–Crippen MR) is 77.0 cm³/mol. The number of morpholine rings is 1. The maximum atomic E-state index is 5.90. The van der Waals surface area contributed by atoms with Crippen LogP contribution in [0.4, 0.5) is 0 Å². The van der Waals surface area contributed by atoms with Crippen molar-refractivity contribution in [3.05, 3.63) is 29.3 Å². The number of hydrogen-bond donors (Lipinski definition) is 1. The summed E-state index contributed by atoms with van der Waals surface area (Å²) in [6.45, 7) is 12.5. The predicted octanol–water partition coefficient (Wildman–Crippen LogP) is 1.37. The molecule has 3 nitrogen and oxygen atoms in total. The molecule has 1 heterocycles. The second-order valence-corrected chi connectivity index (χ2v) is 5.78. The third kappa shape index (κ3) is 4.22. The van der Waals surface area contributed by atoms with Crippen LogP contribution in [0.1, 0.15) is 25.0 Å². The van der Waals surface area contributed by atoms with Gasteiger partial charge in [0.2, 0.25) is 0 Å². The maximum absolute atomic E-state index is 5.90. The number of nitrogens with one attached hydrogen (secondary N) is 1. The largest absolute Gasteiger partial charge is 0.487 e. The number of aryl methyl sites for hydroxylation is 2. The molecule has 3 heteroatoms. The van der Waals surface area contributed by atoms with Crippen LogP contribution in [-0.2, 0) is 4.74 Å². The normalized spacial score (nSPS) is 27.3. The molecule has 2 rings (SSSR count). The summed E-state index contributed by atoms with van der Waals surface area (Å²) in [4.78, 5) is 1.58. The highest BCUT2D eigenvalue weighted by Gasteiger charge is 2.25. The lowest BCUT2D eigenvalue weighted by molar-refractivity contribution is -0.915. The molecule has 1 aliphatic rings. The first-order chi connectivity index (χ1) is 9.04. The van der Waals surface area contributed by atoms with Crippen molar-refractivity contribution in [3.63, 3.8) is 0 Å². The molecule has 1 saturated heterocycles. The van der Waals surface area contributed by atoms with Gasteiger partial charge in [-0.15, -0.1) is 0 Å². The van der Waals surface area contributed by atoms with Gasteiger partial charge in [-0.1, -0.05) is 17.7 Å². The summed E-state index contributed by atoms with van der Waals surface area (Å²) < 4.78 is 11.7. The van der Waals surface area contributed by atoms with E-state index in [2.05, 4.69) is 45.9 Å². The molecule has 2 atom stereocenters. The van der Waals surface area contributed by atoms with Crippen LogP contribution in [0.5, 0.6) is 5.75 Å². The molecular formula is C16H26NO2+. The highest BCUT2D eigenvalue weighted by atomic mass is 16.5. The van der Waals surface area contributed by atoms with Gasteiger partial charge in [-0.2, -0.15) is 0 Å². The van der Waals surface area contributed by atoms with E-state index in [-0.39, 0.29) is 0 Å². The van der Waals surface area contributed by atoms with Crippen LogP contribution >= 0.6 is 0 Å². The Morgan fingerprint density at radius 3 is 2.53 bits per heavy atom. The average Bonchev–Trinajstić information content (AvgIpc) is 2.30. The molecule has 1 aromatic rings. The molecule has 0 saturated carbocycles. The van der Waals surface area contributed by atoms with Crippen molar-refractivity contribution in [1.82, 2.24) is 0 Å². The second kappa shape index (κ2) is 6.40. The van der Waals surface area contributed by atoms with E-state index in [9.17, 15) is 0 Å². The molecule has 1 aliphatic heterocycles. The first-order valence-electron chi connectivity index (χ1n) is 7.23. The molecule has 0 amide bonds. The third-order valence-electron chi connectivity index (χ3n) is 3.66. The molecule has 0 bridgehead atoms.